The van der Waals surface area contributed by atoms with Gasteiger partial charge in [0.25, 0.3) is 5.91 Å². The van der Waals surface area contributed by atoms with E-state index in [-0.39, 0.29) is 11.9 Å². The van der Waals surface area contributed by atoms with Crippen molar-refractivity contribution in [3.63, 3.8) is 0 Å². The van der Waals surface area contributed by atoms with Crippen LogP contribution in [0.1, 0.15) is 49.9 Å². The van der Waals surface area contributed by atoms with Crippen LogP contribution in [0.4, 0.5) is 13.2 Å². The van der Waals surface area contributed by atoms with Gasteiger partial charge in [0.1, 0.15) is 0 Å². The molecular weight excluding hydrogens is 505 g/mol. The van der Waals surface area contributed by atoms with Crippen LogP contribution in [-0.4, -0.2) is 53.6 Å². The van der Waals surface area contributed by atoms with E-state index in [1.165, 1.54) is 0 Å². The number of aromatic nitrogens is 1. The fourth-order valence-corrected chi connectivity index (χ4v) is 3.39. The molecule has 3 rings (SSSR count). The number of benzene rings is 2. The summed E-state index contributed by atoms with van der Waals surface area (Å²) in [7, 11) is 1.60. The van der Waals surface area contributed by atoms with Crippen LogP contribution in [0.2, 0.25) is 0 Å². The van der Waals surface area contributed by atoms with Gasteiger partial charge in [0, 0.05) is 31.5 Å². The van der Waals surface area contributed by atoms with Crippen molar-refractivity contribution < 1.29 is 37.4 Å². The summed E-state index contributed by atoms with van der Waals surface area (Å²) in [6.07, 6.45) is 0.838. The molecule has 1 amide bonds. The summed E-state index contributed by atoms with van der Waals surface area (Å²) in [5.41, 5.74) is 4.97. The third-order valence-electron chi connectivity index (χ3n) is 5.08. The fourth-order valence-electron chi connectivity index (χ4n) is 3.39. The van der Waals surface area contributed by atoms with Crippen molar-refractivity contribution in [2.75, 3.05) is 13.7 Å². The number of hydrogen-bond acceptors (Lipinski definition) is 6. The molecule has 0 saturated carbocycles. The van der Waals surface area contributed by atoms with Crippen molar-refractivity contribution in [3.8, 4) is 0 Å². The highest BCUT2D eigenvalue weighted by Crippen LogP contribution is 2.19. The van der Waals surface area contributed by atoms with Crippen LogP contribution in [0.3, 0.4) is 0 Å². The first-order valence-corrected chi connectivity index (χ1v) is 11.3. The highest BCUT2D eigenvalue weighted by molar-refractivity contribution is 5.94. The van der Waals surface area contributed by atoms with E-state index in [2.05, 4.69) is 10.4 Å². The van der Waals surface area contributed by atoms with Gasteiger partial charge in [-0.1, -0.05) is 30.3 Å². The van der Waals surface area contributed by atoms with Gasteiger partial charge in [-0.3, -0.25) is 4.79 Å². The van der Waals surface area contributed by atoms with Gasteiger partial charge in [-0.15, -0.1) is 0 Å². The summed E-state index contributed by atoms with van der Waals surface area (Å²) in [6.45, 7) is 2.69. The van der Waals surface area contributed by atoms with Gasteiger partial charge in [-0.2, -0.15) is 18.3 Å². The normalized spacial score (nSPS) is 11.0. The number of nitrogens with two attached hydrogens (primary N) is 1. The Balaban J connectivity index is 0.000000638. The van der Waals surface area contributed by atoms with E-state index in [9.17, 15) is 22.8 Å². The largest absolute Gasteiger partial charge is 0.490 e. The Labute approximate surface area is 216 Å². The van der Waals surface area contributed by atoms with E-state index < -0.39 is 12.1 Å². The number of carboxylic acids is 1. The van der Waals surface area contributed by atoms with Crippen molar-refractivity contribution >= 4 is 24.1 Å². The summed E-state index contributed by atoms with van der Waals surface area (Å²) in [5, 5.41) is 13.3. The molecule has 9 nitrogen and oxygen atoms in total. The lowest BCUT2D eigenvalue weighted by Crippen LogP contribution is -2.21. The number of carboxylic acid groups (broad SMARTS) is 1. The number of carbonyl (C=O) groups is 3. The number of alkyl halides is 3. The van der Waals surface area contributed by atoms with Crippen molar-refractivity contribution in [1.82, 2.24) is 9.88 Å². The predicted molar refractivity (Wildman–Crippen MR) is 134 cm³/mol. The average Bonchev–Trinajstić information content (AvgIpc) is 3.26. The molecule has 12 heteroatoms. The number of halogens is 3. The summed E-state index contributed by atoms with van der Waals surface area (Å²) < 4.78 is 39.0. The molecule has 0 aliphatic heterocycles. The zero-order valence-corrected chi connectivity index (χ0v) is 20.7. The number of nitrogens with zero attached hydrogens (tertiary/aromatic N) is 2. The summed E-state index contributed by atoms with van der Waals surface area (Å²) in [5.74, 6) is 2.01. The number of hydrogen-bond donors (Lipinski definition) is 3. The smallest absolute Gasteiger partial charge is 0.475 e. The molecule has 2 aromatic carbocycles. The average molecular weight is 533 g/mol. The minimum Gasteiger partial charge on any atom is -0.475 e. The molecule has 0 bridgehead atoms. The van der Waals surface area contributed by atoms with Crippen LogP contribution < -0.4 is 11.2 Å². The van der Waals surface area contributed by atoms with Crippen molar-refractivity contribution in [1.29, 1.82) is 0 Å². The number of rotatable bonds is 8. The Kier molecular flexibility index (Phi) is 10.6. The second kappa shape index (κ2) is 13.6. The maximum absolute atomic E-state index is 12.5. The van der Waals surface area contributed by atoms with Gasteiger partial charge in [-0.25, -0.2) is 9.59 Å². The summed E-state index contributed by atoms with van der Waals surface area (Å²) in [4.78, 5) is 33.2. The van der Waals surface area contributed by atoms with Gasteiger partial charge in [-0.05, 0) is 53.8 Å². The van der Waals surface area contributed by atoms with Gasteiger partial charge in [0.05, 0.1) is 18.4 Å². The Bertz CT molecular complexity index is 1280. The third kappa shape index (κ3) is 8.80. The molecule has 202 valence electrons. The molecular formula is C26H27F3N4O5. The molecule has 0 spiro atoms. The van der Waals surface area contributed by atoms with Gasteiger partial charge in [0.15, 0.2) is 0 Å². The minimum atomic E-state index is -5.08. The maximum Gasteiger partial charge on any atom is 0.490 e. The lowest BCUT2D eigenvalue weighted by molar-refractivity contribution is -0.192. The molecule has 0 aliphatic rings. The number of amides is 1. The van der Waals surface area contributed by atoms with Gasteiger partial charge >= 0.3 is 18.1 Å². The fraction of sp³-hybridized carbons (Fsp3) is 0.231. The monoisotopic (exact) mass is 532 g/mol. The standard InChI is InChI=1S/C24H26N4O3.C2HF3O2/c1-3-31-24(30)22-16-28(14-19-6-4-5-18(11-19)13-27-25)15-21(22)12-17-7-9-20(10-8-17)23(29)26-2;3-2(4,5)1(6)7/h4-11,13,15-16H,3,12,14,25H2,1-2H3,(H,26,29);(H,6,7). The third-order valence-corrected chi connectivity index (χ3v) is 5.08. The second-order valence-electron chi connectivity index (χ2n) is 7.87. The first kappa shape index (κ1) is 29.6. The zero-order chi connectivity index (χ0) is 28.3. The molecule has 0 unspecified atom stereocenters. The lowest BCUT2D eigenvalue weighted by atomic mass is 10.0. The summed E-state index contributed by atoms with van der Waals surface area (Å²) in [6, 6.07) is 15.2. The molecule has 1 heterocycles. The Morgan fingerprint density at radius 1 is 1.11 bits per heavy atom. The van der Waals surface area contributed by atoms with Crippen LogP contribution in [0.15, 0.2) is 66.0 Å². The van der Waals surface area contributed by atoms with E-state index in [0.717, 1.165) is 22.3 Å². The molecule has 3 aromatic rings. The van der Waals surface area contributed by atoms with E-state index in [1.54, 1.807) is 32.3 Å². The first-order chi connectivity index (χ1) is 18.0. The lowest BCUT2D eigenvalue weighted by Gasteiger charge is -2.05. The highest BCUT2D eigenvalue weighted by atomic mass is 19.4. The molecule has 1 aromatic heterocycles. The number of nitrogens with one attached hydrogen (secondary N) is 1. The topological polar surface area (TPSA) is 136 Å². The Morgan fingerprint density at radius 2 is 1.76 bits per heavy atom. The minimum absolute atomic E-state index is 0.133. The maximum atomic E-state index is 12.5. The number of ether oxygens (including phenoxy) is 1. The SMILES string of the molecule is CCOC(=O)c1cn(Cc2cccc(C=NN)c2)cc1Cc1ccc(C(=O)NC)cc1.O=C(O)C(F)(F)F. The molecule has 38 heavy (non-hydrogen) atoms. The molecule has 0 aliphatic carbocycles. The number of carbonyl (C=O) groups excluding carboxylic acids is 2. The van der Waals surface area contributed by atoms with Gasteiger partial charge < -0.3 is 25.6 Å². The van der Waals surface area contributed by atoms with Gasteiger partial charge in [0.2, 0.25) is 0 Å². The first-order valence-electron chi connectivity index (χ1n) is 11.3. The Morgan fingerprint density at radius 3 is 2.32 bits per heavy atom. The van der Waals surface area contributed by atoms with E-state index in [4.69, 9.17) is 20.5 Å². The van der Waals surface area contributed by atoms with Crippen molar-refractivity contribution in [2.45, 2.75) is 26.1 Å². The number of hydrazone groups is 1. The second-order valence-corrected chi connectivity index (χ2v) is 7.87. The molecule has 0 fully saturated rings. The van der Waals surface area contributed by atoms with Crippen molar-refractivity contribution in [3.05, 3.63) is 94.3 Å². The highest BCUT2D eigenvalue weighted by Gasteiger charge is 2.38. The quantitative estimate of drug-likeness (QED) is 0.176. The van der Waals surface area contributed by atoms with Crippen molar-refractivity contribution in [2.24, 2.45) is 10.9 Å². The van der Waals surface area contributed by atoms with E-state index in [0.29, 0.717) is 30.7 Å². The van der Waals surface area contributed by atoms with Crippen LogP contribution >= 0.6 is 0 Å². The summed E-state index contributed by atoms with van der Waals surface area (Å²) >= 11 is 0. The molecule has 0 atom stereocenters. The van der Waals surface area contributed by atoms with E-state index >= 15 is 0 Å². The number of aliphatic carboxylic acids is 1. The molecule has 0 radical (unpaired) electrons. The Hall–Kier alpha value is -4.61. The van der Waals surface area contributed by atoms with E-state index in [1.807, 2.05) is 53.4 Å². The number of esters is 1. The zero-order valence-electron chi connectivity index (χ0n) is 20.7. The van der Waals surface area contributed by atoms with Crippen LogP contribution in [0.25, 0.3) is 0 Å². The predicted octanol–water partition coefficient (Wildman–Crippen LogP) is 3.59. The van der Waals surface area contributed by atoms with Crippen LogP contribution in [0.5, 0.6) is 0 Å². The molecule has 0 saturated heterocycles. The van der Waals surface area contributed by atoms with Crippen LogP contribution in [0, 0.1) is 0 Å². The van der Waals surface area contributed by atoms with Crippen LogP contribution in [-0.2, 0) is 22.5 Å². The molecule has 4 N–H and O–H groups in total.